The zero-order chi connectivity index (χ0) is 18.1. The maximum absolute atomic E-state index is 12.5. The molecule has 2 aromatic heterocycles. The second-order valence-electron chi connectivity index (χ2n) is 5.90. The molecule has 26 heavy (non-hydrogen) atoms. The van der Waals surface area contributed by atoms with E-state index in [1.807, 2.05) is 34.5 Å². The highest BCUT2D eigenvalue weighted by molar-refractivity contribution is 7.22. The number of thiophene rings is 1. The van der Waals surface area contributed by atoms with E-state index in [2.05, 4.69) is 4.90 Å². The van der Waals surface area contributed by atoms with E-state index < -0.39 is 0 Å². The monoisotopic (exact) mass is 389 g/mol. The summed E-state index contributed by atoms with van der Waals surface area (Å²) >= 11 is 3.09. The lowest BCUT2D eigenvalue weighted by molar-refractivity contribution is 0.0751. The fraction of sp³-hybridized carbons (Fsp3) is 0.333. The average Bonchev–Trinajstić information content (AvgIpc) is 3.36. The van der Waals surface area contributed by atoms with Gasteiger partial charge in [0.2, 0.25) is 0 Å². The SMILES string of the molecule is COc1ccc(OC)c2sc(N3CCN(C(=O)c4cccs4)CC3)nc12. The minimum absolute atomic E-state index is 0.118. The molecule has 0 N–H and O–H groups in total. The van der Waals surface area contributed by atoms with E-state index in [9.17, 15) is 4.79 Å². The second kappa shape index (κ2) is 7.13. The number of aromatic nitrogens is 1. The topological polar surface area (TPSA) is 54.9 Å². The van der Waals surface area contributed by atoms with Crippen molar-refractivity contribution in [2.24, 2.45) is 0 Å². The Morgan fingerprint density at radius 1 is 1.08 bits per heavy atom. The molecule has 3 heterocycles. The molecular formula is C18H19N3O3S2. The van der Waals surface area contributed by atoms with Gasteiger partial charge in [0.1, 0.15) is 21.7 Å². The number of hydrogen-bond donors (Lipinski definition) is 0. The molecule has 0 atom stereocenters. The largest absolute Gasteiger partial charge is 0.495 e. The van der Waals surface area contributed by atoms with Crippen LogP contribution in [0.1, 0.15) is 9.67 Å². The Bertz CT molecular complexity index is 874. The van der Waals surface area contributed by atoms with Crippen molar-refractivity contribution in [3.05, 3.63) is 34.5 Å². The number of thiazole rings is 1. The van der Waals surface area contributed by atoms with Gasteiger partial charge in [0, 0.05) is 26.2 Å². The maximum atomic E-state index is 12.5. The first kappa shape index (κ1) is 17.1. The lowest BCUT2D eigenvalue weighted by Gasteiger charge is -2.34. The zero-order valence-corrected chi connectivity index (χ0v) is 16.2. The number of carbonyl (C=O) groups is 1. The Kier molecular flexibility index (Phi) is 4.69. The number of rotatable bonds is 4. The highest BCUT2D eigenvalue weighted by Crippen LogP contribution is 2.40. The Labute approximate surface area is 159 Å². The van der Waals surface area contributed by atoms with Crippen LogP contribution in [0.25, 0.3) is 10.2 Å². The number of anilines is 1. The van der Waals surface area contributed by atoms with Gasteiger partial charge in [0.25, 0.3) is 5.91 Å². The molecule has 0 unspecified atom stereocenters. The number of hydrogen-bond acceptors (Lipinski definition) is 7. The third-order valence-corrected chi connectivity index (χ3v) is 6.46. The molecule has 0 radical (unpaired) electrons. The smallest absolute Gasteiger partial charge is 0.264 e. The summed E-state index contributed by atoms with van der Waals surface area (Å²) in [6.45, 7) is 2.92. The van der Waals surface area contributed by atoms with Crippen LogP contribution in [0, 0.1) is 0 Å². The molecule has 1 aliphatic rings. The normalized spacial score (nSPS) is 14.7. The number of carbonyl (C=O) groups excluding carboxylic acids is 1. The molecule has 1 aromatic carbocycles. The van der Waals surface area contributed by atoms with Crippen LogP contribution < -0.4 is 14.4 Å². The predicted molar refractivity (Wildman–Crippen MR) is 105 cm³/mol. The summed E-state index contributed by atoms with van der Waals surface area (Å²) < 4.78 is 11.9. The Balaban J connectivity index is 1.53. The number of amides is 1. The lowest BCUT2D eigenvalue weighted by Crippen LogP contribution is -2.48. The van der Waals surface area contributed by atoms with Crippen molar-refractivity contribution in [2.45, 2.75) is 0 Å². The molecule has 8 heteroatoms. The lowest BCUT2D eigenvalue weighted by atomic mass is 10.3. The van der Waals surface area contributed by atoms with Gasteiger partial charge in [-0.1, -0.05) is 17.4 Å². The summed E-state index contributed by atoms with van der Waals surface area (Å²) in [5.74, 6) is 1.66. The number of fused-ring (bicyclic) bond motifs is 1. The van der Waals surface area contributed by atoms with E-state index in [1.54, 1.807) is 25.6 Å². The molecule has 6 nitrogen and oxygen atoms in total. The standard InChI is InChI=1S/C18H19N3O3S2/c1-23-12-5-6-13(24-2)16-15(12)19-18(26-16)21-9-7-20(8-10-21)17(22)14-4-3-11-25-14/h3-6,11H,7-10H2,1-2H3. The molecule has 1 saturated heterocycles. The first-order valence-corrected chi connectivity index (χ1v) is 10.00. The van der Waals surface area contributed by atoms with Crippen LogP contribution >= 0.6 is 22.7 Å². The van der Waals surface area contributed by atoms with Crippen molar-refractivity contribution in [3.63, 3.8) is 0 Å². The van der Waals surface area contributed by atoms with Crippen LogP contribution in [0.5, 0.6) is 11.5 Å². The summed E-state index contributed by atoms with van der Waals surface area (Å²) in [6.07, 6.45) is 0. The van der Waals surface area contributed by atoms with E-state index in [0.29, 0.717) is 13.1 Å². The number of methoxy groups -OCH3 is 2. The van der Waals surface area contributed by atoms with Crippen molar-refractivity contribution in [1.82, 2.24) is 9.88 Å². The van der Waals surface area contributed by atoms with Gasteiger partial charge in [-0.15, -0.1) is 11.3 Å². The van der Waals surface area contributed by atoms with Gasteiger partial charge in [-0.05, 0) is 23.6 Å². The van der Waals surface area contributed by atoms with E-state index in [1.165, 1.54) is 11.3 Å². The maximum Gasteiger partial charge on any atom is 0.264 e. The quantitative estimate of drug-likeness (QED) is 0.685. The first-order chi connectivity index (χ1) is 12.7. The van der Waals surface area contributed by atoms with Crippen LogP contribution in [-0.2, 0) is 0 Å². The molecule has 0 saturated carbocycles. The van der Waals surface area contributed by atoms with Crippen molar-refractivity contribution < 1.29 is 14.3 Å². The van der Waals surface area contributed by atoms with Crippen molar-refractivity contribution >= 4 is 43.9 Å². The molecule has 136 valence electrons. The molecule has 1 fully saturated rings. The molecule has 1 aliphatic heterocycles. The fourth-order valence-corrected chi connectivity index (χ4v) is 4.88. The summed E-state index contributed by atoms with van der Waals surface area (Å²) in [7, 11) is 3.31. The number of piperazine rings is 1. The average molecular weight is 390 g/mol. The molecular weight excluding hydrogens is 370 g/mol. The van der Waals surface area contributed by atoms with Gasteiger partial charge < -0.3 is 19.3 Å². The minimum Gasteiger partial charge on any atom is -0.495 e. The van der Waals surface area contributed by atoms with Crippen molar-refractivity contribution in [1.29, 1.82) is 0 Å². The Morgan fingerprint density at radius 2 is 1.81 bits per heavy atom. The molecule has 0 aliphatic carbocycles. The van der Waals surface area contributed by atoms with Gasteiger partial charge in [-0.3, -0.25) is 4.79 Å². The number of nitrogens with zero attached hydrogens (tertiary/aromatic N) is 3. The van der Waals surface area contributed by atoms with Crippen LogP contribution in [-0.4, -0.2) is 56.2 Å². The number of benzene rings is 1. The van der Waals surface area contributed by atoms with Gasteiger partial charge in [-0.2, -0.15) is 0 Å². The third kappa shape index (κ3) is 2.99. The number of ether oxygens (including phenoxy) is 2. The highest BCUT2D eigenvalue weighted by Gasteiger charge is 2.25. The third-order valence-electron chi connectivity index (χ3n) is 4.47. The van der Waals surface area contributed by atoms with E-state index in [0.717, 1.165) is 44.8 Å². The molecule has 3 aromatic rings. The highest BCUT2D eigenvalue weighted by atomic mass is 32.1. The van der Waals surface area contributed by atoms with Gasteiger partial charge >= 0.3 is 0 Å². The predicted octanol–water partition coefficient (Wildman–Crippen LogP) is 3.34. The summed E-state index contributed by atoms with van der Waals surface area (Å²) in [6, 6.07) is 7.57. The Hall–Kier alpha value is -2.32. The summed E-state index contributed by atoms with van der Waals surface area (Å²) in [4.78, 5) is 22.2. The fourth-order valence-electron chi connectivity index (χ4n) is 3.07. The van der Waals surface area contributed by atoms with Crippen LogP contribution in [0.15, 0.2) is 29.6 Å². The minimum atomic E-state index is 0.118. The molecule has 0 bridgehead atoms. The van der Waals surface area contributed by atoms with Gasteiger partial charge in [0.05, 0.1) is 19.1 Å². The Morgan fingerprint density at radius 3 is 2.46 bits per heavy atom. The van der Waals surface area contributed by atoms with Crippen molar-refractivity contribution in [3.8, 4) is 11.5 Å². The van der Waals surface area contributed by atoms with Crippen LogP contribution in [0.2, 0.25) is 0 Å². The summed E-state index contributed by atoms with van der Waals surface area (Å²) in [5, 5.41) is 2.87. The molecule has 4 rings (SSSR count). The van der Waals surface area contributed by atoms with E-state index in [4.69, 9.17) is 14.5 Å². The van der Waals surface area contributed by atoms with E-state index in [-0.39, 0.29) is 5.91 Å². The van der Waals surface area contributed by atoms with Crippen LogP contribution in [0.4, 0.5) is 5.13 Å². The van der Waals surface area contributed by atoms with Crippen LogP contribution in [0.3, 0.4) is 0 Å². The van der Waals surface area contributed by atoms with E-state index >= 15 is 0 Å². The second-order valence-corrected chi connectivity index (χ2v) is 7.83. The first-order valence-electron chi connectivity index (χ1n) is 8.30. The van der Waals surface area contributed by atoms with Gasteiger partial charge in [-0.25, -0.2) is 4.98 Å². The molecule has 0 spiro atoms. The van der Waals surface area contributed by atoms with Crippen molar-refractivity contribution in [2.75, 3.05) is 45.3 Å². The van der Waals surface area contributed by atoms with Gasteiger partial charge in [0.15, 0.2) is 5.13 Å². The summed E-state index contributed by atoms with van der Waals surface area (Å²) in [5.41, 5.74) is 0.823. The zero-order valence-electron chi connectivity index (χ0n) is 14.6. The molecule has 1 amide bonds.